The summed E-state index contributed by atoms with van der Waals surface area (Å²) in [5.74, 6) is 0.836. The number of aliphatic imine (C=N–C) groups is 2. The maximum Gasteiger partial charge on any atom is 0.154 e. The molecule has 0 fully saturated rings. The lowest BCUT2D eigenvalue weighted by Crippen LogP contribution is -2.07. The molecule has 0 aromatic heterocycles. The van der Waals surface area contributed by atoms with Crippen molar-refractivity contribution in [2.75, 3.05) is 0 Å². The summed E-state index contributed by atoms with van der Waals surface area (Å²) < 4.78 is 1.10. The zero-order valence-electron chi connectivity index (χ0n) is 10.3. The molecular weight excluding hydrogens is 300 g/mol. The van der Waals surface area contributed by atoms with E-state index in [0.29, 0.717) is 0 Å². The Balaban J connectivity index is 1.74. The van der Waals surface area contributed by atoms with Gasteiger partial charge in [0.25, 0.3) is 0 Å². The third-order valence-electron chi connectivity index (χ3n) is 3.05. The van der Waals surface area contributed by atoms with E-state index in [9.17, 15) is 0 Å². The predicted octanol–water partition coefficient (Wildman–Crippen LogP) is 3.89. The highest BCUT2D eigenvalue weighted by molar-refractivity contribution is 9.10. The second-order valence-electron chi connectivity index (χ2n) is 4.49. The fourth-order valence-corrected chi connectivity index (χ4v) is 2.34. The first kappa shape index (κ1) is 12.3. The molecule has 1 unspecified atom stereocenters. The van der Waals surface area contributed by atoms with Crippen molar-refractivity contribution in [1.29, 1.82) is 0 Å². The molecule has 0 saturated carbocycles. The van der Waals surface area contributed by atoms with E-state index in [-0.39, 0.29) is 6.04 Å². The van der Waals surface area contributed by atoms with Gasteiger partial charge in [-0.05, 0) is 24.1 Å². The molecule has 19 heavy (non-hydrogen) atoms. The van der Waals surface area contributed by atoms with Gasteiger partial charge in [0.2, 0.25) is 0 Å². The lowest BCUT2D eigenvalue weighted by Gasteiger charge is -2.04. The van der Waals surface area contributed by atoms with Gasteiger partial charge in [0.05, 0.1) is 6.04 Å². The van der Waals surface area contributed by atoms with Crippen molar-refractivity contribution in [2.45, 2.75) is 12.5 Å². The summed E-state index contributed by atoms with van der Waals surface area (Å²) in [5, 5.41) is 0. The Hall–Kier alpha value is -1.74. The van der Waals surface area contributed by atoms with Crippen molar-refractivity contribution in [3.8, 4) is 0 Å². The highest BCUT2D eigenvalue weighted by atomic mass is 79.9. The average molecular weight is 313 g/mol. The van der Waals surface area contributed by atoms with E-state index >= 15 is 0 Å². The number of halogens is 1. The van der Waals surface area contributed by atoms with Gasteiger partial charge in [0.15, 0.2) is 5.84 Å². The van der Waals surface area contributed by atoms with Crippen LogP contribution in [0.25, 0.3) is 0 Å². The van der Waals surface area contributed by atoms with E-state index in [2.05, 4.69) is 50.2 Å². The van der Waals surface area contributed by atoms with Gasteiger partial charge in [-0.15, -0.1) is 0 Å². The molecule has 0 spiro atoms. The molecule has 2 nitrogen and oxygen atoms in total. The van der Waals surface area contributed by atoms with Crippen molar-refractivity contribution < 1.29 is 0 Å². The molecule has 1 aliphatic rings. The number of benzene rings is 2. The number of hydrogen-bond donors (Lipinski definition) is 0. The minimum Gasteiger partial charge on any atom is -0.257 e. The maximum absolute atomic E-state index is 4.66. The van der Waals surface area contributed by atoms with Crippen LogP contribution in [0.15, 0.2) is 69.1 Å². The average Bonchev–Trinajstić information content (AvgIpc) is 2.91. The smallest absolute Gasteiger partial charge is 0.154 e. The topological polar surface area (TPSA) is 24.7 Å². The molecule has 94 valence electrons. The Morgan fingerprint density at radius 1 is 0.947 bits per heavy atom. The summed E-state index contributed by atoms with van der Waals surface area (Å²) in [6, 6.07) is 18.6. The molecule has 2 aromatic carbocycles. The van der Waals surface area contributed by atoms with E-state index in [4.69, 9.17) is 0 Å². The normalized spacial score (nSPS) is 17.5. The Bertz CT molecular complexity index is 615. The first-order valence-corrected chi connectivity index (χ1v) is 7.02. The molecule has 0 radical (unpaired) electrons. The molecular formula is C16H13BrN2. The third-order valence-corrected chi connectivity index (χ3v) is 3.58. The third kappa shape index (κ3) is 2.99. The fraction of sp³-hybridized carbons (Fsp3) is 0.125. The highest BCUT2D eigenvalue weighted by Crippen LogP contribution is 2.15. The quantitative estimate of drug-likeness (QED) is 0.821. The first-order valence-electron chi connectivity index (χ1n) is 6.23. The molecule has 1 aliphatic heterocycles. The largest absolute Gasteiger partial charge is 0.257 e. The van der Waals surface area contributed by atoms with Crippen LogP contribution in [0.4, 0.5) is 0 Å². The predicted molar refractivity (Wildman–Crippen MR) is 83.1 cm³/mol. The van der Waals surface area contributed by atoms with Crippen LogP contribution in [0, 0.1) is 0 Å². The summed E-state index contributed by atoms with van der Waals surface area (Å²) in [6.07, 6.45) is 2.83. The van der Waals surface area contributed by atoms with E-state index < -0.39 is 0 Å². The first-order chi connectivity index (χ1) is 9.31. The van der Waals surface area contributed by atoms with Gasteiger partial charge in [0, 0.05) is 16.3 Å². The lowest BCUT2D eigenvalue weighted by atomic mass is 10.1. The van der Waals surface area contributed by atoms with Crippen LogP contribution in [0.2, 0.25) is 0 Å². The molecule has 0 amide bonds. The monoisotopic (exact) mass is 312 g/mol. The molecule has 0 saturated heterocycles. The lowest BCUT2D eigenvalue weighted by molar-refractivity contribution is 0.879. The highest BCUT2D eigenvalue weighted by Gasteiger charge is 2.14. The van der Waals surface area contributed by atoms with E-state index in [1.807, 2.05) is 36.5 Å². The van der Waals surface area contributed by atoms with Crippen LogP contribution >= 0.6 is 15.9 Å². The number of rotatable bonds is 3. The summed E-state index contributed by atoms with van der Waals surface area (Å²) in [4.78, 5) is 9.08. The Morgan fingerprint density at radius 2 is 1.68 bits per heavy atom. The second kappa shape index (κ2) is 5.49. The van der Waals surface area contributed by atoms with Crippen LogP contribution in [-0.2, 0) is 6.42 Å². The van der Waals surface area contributed by atoms with Gasteiger partial charge < -0.3 is 0 Å². The molecule has 3 heteroatoms. The Labute approximate surface area is 121 Å². The van der Waals surface area contributed by atoms with Crippen LogP contribution in [0.3, 0.4) is 0 Å². The zero-order valence-corrected chi connectivity index (χ0v) is 11.9. The summed E-state index contributed by atoms with van der Waals surface area (Å²) in [5.41, 5.74) is 2.36. The van der Waals surface area contributed by atoms with E-state index in [1.165, 1.54) is 5.56 Å². The molecule has 0 N–H and O–H groups in total. The van der Waals surface area contributed by atoms with E-state index in [1.54, 1.807) is 0 Å². The molecule has 1 atom stereocenters. The SMILES string of the molecule is Brc1ccc(CC2C=NC(c3ccccc3)=N2)cc1. The van der Waals surface area contributed by atoms with Crippen molar-refractivity contribution in [1.82, 2.24) is 0 Å². The second-order valence-corrected chi connectivity index (χ2v) is 5.41. The van der Waals surface area contributed by atoms with Gasteiger partial charge >= 0.3 is 0 Å². The molecule has 0 aliphatic carbocycles. The fourth-order valence-electron chi connectivity index (χ4n) is 2.08. The molecule has 3 rings (SSSR count). The summed E-state index contributed by atoms with van der Waals surface area (Å²) in [7, 11) is 0. The van der Waals surface area contributed by atoms with Gasteiger partial charge in [0.1, 0.15) is 0 Å². The van der Waals surface area contributed by atoms with Crippen molar-refractivity contribution in [3.63, 3.8) is 0 Å². The van der Waals surface area contributed by atoms with Crippen LogP contribution in [0.1, 0.15) is 11.1 Å². The van der Waals surface area contributed by atoms with Gasteiger partial charge in [-0.25, -0.2) is 4.99 Å². The van der Waals surface area contributed by atoms with Crippen molar-refractivity contribution >= 4 is 28.0 Å². The number of nitrogens with zero attached hydrogens (tertiary/aromatic N) is 2. The van der Waals surface area contributed by atoms with E-state index in [0.717, 1.165) is 22.3 Å². The van der Waals surface area contributed by atoms with Gasteiger partial charge in [-0.2, -0.15) is 0 Å². The van der Waals surface area contributed by atoms with Gasteiger partial charge in [-0.3, -0.25) is 4.99 Å². The van der Waals surface area contributed by atoms with Crippen LogP contribution < -0.4 is 0 Å². The molecule has 1 heterocycles. The number of amidine groups is 1. The zero-order chi connectivity index (χ0) is 13.1. The molecule has 0 bridgehead atoms. The summed E-state index contributed by atoms with van der Waals surface area (Å²) >= 11 is 3.44. The van der Waals surface area contributed by atoms with Gasteiger partial charge in [-0.1, -0.05) is 58.4 Å². The minimum atomic E-state index is 0.149. The Morgan fingerprint density at radius 3 is 2.42 bits per heavy atom. The van der Waals surface area contributed by atoms with Crippen LogP contribution in [0.5, 0.6) is 0 Å². The minimum absolute atomic E-state index is 0.149. The standard InChI is InChI=1S/C16H13BrN2/c17-14-8-6-12(7-9-14)10-15-11-18-16(19-15)13-4-2-1-3-5-13/h1-9,11,15H,10H2. The van der Waals surface area contributed by atoms with Crippen molar-refractivity contribution in [3.05, 3.63) is 70.2 Å². The van der Waals surface area contributed by atoms with Crippen molar-refractivity contribution in [2.24, 2.45) is 9.98 Å². The molecule has 2 aromatic rings. The Kier molecular flexibility index (Phi) is 3.56. The van der Waals surface area contributed by atoms with Crippen LogP contribution in [-0.4, -0.2) is 18.1 Å². The maximum atomic E-state index is 4.66. The number of hydrogen-bond acceptors (Lipinski definition) is 2. The summed E-state index contributed by atoms with van der Waals surface area (Å²) in [6.45, 7) is 0.